The van der Waals surface area contributed by atoms with Gasteiger partial charge in [-0.05, 0) is 38.8 Å². The SMILES string of the molecule is C[C@@H]1O[C@H](C)C(F)N2c3cc4onc(N5C(=O)OC[C@@H]5C)c4cc3CC3(C(=O)NC(=O)NC3=O)[C@@H]12. The van der Waals surface area contributed by atoms with E-state index >= 15 is 4.39 Å². The standard InChI is InChI=1S/C22H22FN5O7/c1-8-7-33-21(32)27(8)17-12-4-11-6-22(18(29)24-20(31)25-19(22)30)15-9(2)34-10(3)16(23)28(15)13(11)5-14(12)35-26-17/h4-5,8-10,15-16H,6-7H2,1-3H3,(H2,24,25,29,30,31)/t8-,9-,10+,15+,16?/m0/s1. The highest BCUT2D eigenvalue weighted by atomic mass is 19.1. The molecule has 1 aromatic heterocycles. The van der Waals surface area contributed by atoms with Crippen molar-refractivity contribution in [2.24, 2.45) is 5.41 Å². The third-order valence-electron chi connectivity index (χ3n) is 7.31. The zero-order valence-corrected chi connectivity index (χ0v) is 19.0. The number of hydrogen-bond acceptors (Lipinski definition) is 9. The highest BCUT2D eigenvalue weighted by molar-refractivity contribution is 6.20. The Labute approximate surface area is 197 Å². The molecule has 6 rings (SSSR count). The Balaban J connectivity index is 1.57. The van der Waals surface area contributed by atoms with Crippen LogP contribution in [0.2, 0.25) is 0 Å². The number of nitrogens with zero attached hydrogens (tertiary/aromatic N) is 3. The Morgan fingerprint density at radius 3 is 2.46 bits per heavy atom. The normalized spacial score (nSPS) is 31.8. The number of urea groups is 1. The minimum atomic E-state index is -1.84. The van der Waals surface area contributed by atoms with Gasteiger partial charge < -0.3 is 18.9 Å². The lowest BCUT2D eigenvalue weighted by molar-refractivity contribution is -0.159. The monoisotopic (exact) mass is 487 g/mol. The van der Waals surface area contributed by atoms with Gasteiger partial charge in [0.25, 0.3) is 0 Å². The van der Waals surface area contributed by atoms with E-state index in [4.69, 9.17) is 14.0 Å². The molecule has 13 heteroatoms. The number of fused-ring (bicyclic) bond motifs is 5. The number of anilines is 2. The number of hydrogen-bond donors (Lipinski definition) is 2. The van der Waals surface area contributed by atoms with Crippen LogP contribution in [-0.2, 0) is 25.5 Å². The number of alkyl halides is 1. The molecule has 4 aliphatic rings. The number of morpholine rings is 1. The van der Waals surface area contributed by atoms with E-state index in [1.54, 1.807) is 32.9 Å². The van der Waals surface area contributed by atoms with E-state index < -0.39 is 53.9 Å². The van der Waals surface area contributed by atoms with Crippen molar-refractivity contribution in [3.05, 3.63) is 17.7 Å². The third kappa shape index (κ3) is 2.78. The molecule has 1 aromatic carbocycles. The number of imide groups is 2. The second kappa shape index (κ2) is 7.13. The zero-order valence-electron chi connectivity index (χ0n) is 19.0. The van der Waals surface area contributed by atoms with Gasteiger partial charge in [0.15, 0.2) is 23.1 Å². The number of barbiturate groups is 1. The van der Waals surface area contributed by atoms with Crippen molar-refractivity contribution in [3.8, 4) is 0 Å². The first-order chi connectivity index (χ1) is 16.6. The lowest BCUT2D eigenvalue weighted by Crippen LogP contribution is -2.76. The summed E-state index contributed by atoms with van der Waals surface area (Å²) in [4.78, 5) is 53.4. The zero-order chi connectivity index (χ0) is 24.8. The summed E-state index contributed by atoms with van der Waals surface area (Å²) in [6, 6.07) is 0.966. The maximum atomic E-state index is 15.7. The predicted molar refractivity (Wildman–Crippen MR) is 116 cm³/mol. The molecule has 184 valence electrons. The van der Waals surface area contributed by atoms with Gasteiger partial charge in [-0.15, -0.1) is 0 Å². The van der Waals surface area contributed by atoms with Crippen LogP contribution in [0.1, 0.15) is 26.3 Å². The van der Waals surface area contributed by atoms with E-state index in [9.17, 15) is 19.2 Å². The Morgan fingerprint density at radius 2 is 1.80 bits per heavy atom. The van der Waals surface area contributed by atoms with E-state index in [1.807, 2.05) is 0 Å². The van der Waals surface area contributed by atoms with Crippen LogP contribution in [0.4, 0.5) is 25.5 Å². The Bertz CT molecular complexity index is 1290. The van der Waals surface area contributed by atoms with Crippen LogP contribution in [0.15, 0.2) is 16.7 Å². The second-order valence-electron chi connectivity index (χ2n) is 9.44. The Morgan fingerprint density at radius 1 is 1.09 bits per heavy atom. The number of cyclic esters (lactones) is 1. The van der Waals surface area contributed by atoms with Gasteiger partial charge in [-0.3, -0.25) is 25.1 Å². The molecule has 5 heterocycles. The number of ether oxygens (including phenoxy) is 2. The van der Waals surface area contributed by atoms with Crippen molar-refractivity contribution >= 4 is 46.4 Å². The van der Waals surface area contributed by atoms with Gasteiger partial charge in [0, 0.05) is 11.8 Å². The van der Waals surface area contributed by atoms with Gasteiger partial charge in [-0.25, -0.2) is 14.0 Å². The fraction of sp³-hybridized carbons (Fsp3) is 0.500. The van der Waals surface area contributed by atoms with Crippen molar-refractivity contribution in [2.75, 3.05) is 16.4 Å². The first-order valence-electron chi connectivity index (χ1n) is 11.3. The molecule has 1 spiro atoms. The summed E-state index contributed by atoms with van der Waals surface area (Å²) >= 11 is 0. The van der Waals surface area contributed by atoms with Crippen LogP contribution < -0.4 is 20.4 Å². The van der Waals surface area contributed by atoms with Crippen molar-refractivity contribution in [3.63, 3.8) is 0 Å². The Kier molecular flexibility index (Phi) is 4.44. The summed E-state index contributed by atoms with van der Waals surface area (Å²) in [6.07, 6.45) is -3.99. The van der Waals surface area contributed by atoms with E-state index in [2.05, 4.69) is 15.8 Å². The molecule has 2 aromatic rings. The fourth-order valence-electron chi connectivity index (χ4n) is 5.77. The topological polar surface area (TPSA) is 143 Å². The summed E-state index contributed by atoms with van der Waals surface area (Å²) in [7, 11) is 0. The summed E-state index contributed by atoms with van der Waals surface area (Å²) in [6.45, 7) is 5.20. The van der Waals surface area contributed by atoms with Gasteiger partial charge >= 0.3 is 12.1 Å². The smallest absolute Gasteiger partial charge is 0.416 e. The van der Waals surface area contributed by atoms with Gasteiger partial charge in [-0.2, -0.15) is 0 Å². The van der Waals surface area contributed by atoms with E-state index in [0.717, 1.165) is 0 Å². The number of carbonyl (C=O) groups is 4. The first-order valence-corrected chi connectivity index (χ1v) is 11.3. The van der Waals surface area contributed by atoms with Crippen LogP contribution in [-0.4, -0.2) is 66.3 Å². The first kappa shape index (κ1) is 21.8. The number of halogens is 1. The summed E-state index contributed by atoms with van der Waals surface area (Å²) < 4.78 is 32.1. The fourth-order valence-corrected chi connectivity index (χ4v) is 5.77. The van der Waals surface area contributed by atoms with Crippen LogP contribution in [0.25, 0.3) is 11.0 Å². The van der Waals surface area contributed by atoms with E-state index in [1.165, 1.54) is 9.80 Å². The maximum Gasteiger partial charge on any atom is 0.416 e. The molecule has 12 nitrogen and oxygen atoms in total. The lowest BCUT2D eigenvalue weighted by Gasteiger charge is -2.56. The van der Waals surface area contributed by atoms with Gasteiger partial charge in [-0.1, -0.05) is 5.16 Å². The molecular weight excluding hydrogens is 465 g/mol. The molecular formula is C22H22FN5O7. The second-order valence-corrected chi connectivity index (χ2v) is 9.44. The average molecular weight is 487 g/mol. The largest absolute Gasteiger partial charge is 0.447 e. The minimum Gasteiger partial charge on any atom is -0.447 e. The third-order valence-corrected chi connectivity index (χ3v) is 7.31. The van der Waals surface area contributed by atoms with Crippen molar-refractivity contribution in [1.82, 2.24) is 15.8 Å². The van der Waals surface area contributed by atoms with Crippen molar-refractivity contribution in [2.45, 2.75) is 57.8 Å². The molecule has 2 N–H and O–H groups in total. The average Bonchev–Trinajstić information content (AvgIpc) is 3.35. The van der Waals surface area contributed by atoms with Crippen LogP contribution in [0, 0.1) is 5.41 Å². The minimum absolute atomic E-state index is 0.135. The molecule has 0 radical (unpaired) electrons. The molecule has 1 unspecified atom stereocenters. The molecule has 0 aliphatic carbocycles. The number of aromatic nitrogens is 1. The number of benzene rings is 1. The number of amides is 5. The lowest BCUT2D eigenvalue weighted by atomic mass is 9.66. The molecule has 5 amide bonds. The molecule has 4 aliphatic heterocycles. The van der Waals surface area contributed by atoms with Crippen LogP contribution >= 0.6 is 0 Å². The van der Waals surface area contributed by atoms with E-state index in [0.29, 0.717) is 22.2 Å². The predicted octanol–water partition coefficient (Wildman–Crippen LogP) is 1.36. The molecule has 35 heavy (non-hydrogen) atoms. The molecule has 3 fully saturated rings. The maximum absolute atomic E-state index is 15.7. The van der Waals surface area contributed by atoms with Crippen molar-refractivity contribution < 1.29 is 37.6 Å². The number of carbonyl (C=O) groups excluding carboxylic acids is 4. The van der Waals surface area contributed by atoms with Gasteiger partial charge in [0.1, 0.15) is 12.7 Å². The molecule has 0 saturated carbocycles. The highest BCUT2D eigenvalue weighted by Crippen LogP contribution is 2.50. The molecule has 0 bridgehead atoms. The Hall–Kier alpha value is -3.74. The summed E-state index contributed by atoms with van der Waals surface area (Å²) in [5.41, 5.74) is -0.663. The van der Waals surface area contributed by atoms with Gasteiger partial charge in [0.2, 0.25) is 11.8 Å². The van der Waals surface area contributed by atoms with Crippen molar-refractivity contribution in [1.29, 1.82) is 0 Å². The highest BCUT2D eigenvalue weighted by Gasteiger charge is 2.64. The molecule has 5 atom stereocenters. The van der Waals surface area contributed by atoms with E-state index in [-0.39, 0.29) is 24.9 Å². The number of nitrogens with one attached hydrogen (secondary N) is 2. The van der Waals surface area contributed by atoms with Gasteiger partial charge in [0.05, 0.1) is 23.6 Å². The summed E-state index contributed by atoms with van der Waals surface area (Å²) in [5.74, 6) is -1.43. The quantitative estimate of drug-likeness (QED) is 0.450. The van der Waals surface area contributed by atoms with Crippen LogP contribution in [0.3, 0.4) is 0 Å². The summed E-state index contributed by atoms with van der Waals surface area (Å²) in [5, 5.41) is 8.83. The van der Waals surface area contributed by atoms with Crippen LogP contribution in [0.5, 0.6) is 0 Å². The molecule has 3 saturated heterocycles. The number of rotatable bonds is 1.